The van der Waals surface area contributed by atoms with E-state index in [9.17, 15) is 4.79 Å². The molecular formula is C10H12O2. The maximum atomic E-state index is 10.5. The third kappa shape index (κ3) is 1.84. The summed E-state index contributed by atoms with van der Waals surface area (Å²) in [6.45, 7) is 1.93. The summed E-state index contributed by atoms with van der Waals surface area (Å²) in [4.78, 5) is 10.5. The molecule has 0 N–H and O–H groups in total. The predicted octanol–water partition coefficient (Wildman–Crippen LogP) is 1.99. The molecule has 1 rings (SSSR count). The standard InChI is InChI=1S/C10H12O2/c1-8-6-9(7-11)4-3-5-10(8)12-2/h3,5-7H,4H2,1-2H3. The Bertz CT molecular complexity index is 270. The number of aldehydes is 1. The molecule has 0 saturated heterocycles. The quantitative estimate of drug-likeness (QED) is 0.583. The minimum atomic E-state index is 0.688. The fraction of sp³-hybridized carbons (Fsp3) is 0.300. The van der Waals surface area contributed by atoms with Crippen molar-refractivity contribution in [2.24, 2.45) is 0 Å². The van der Waals surface area contributed by atoms with Crippen molar-refractivity contribution in [1.82, 2.24) is 0 Å². The molecule has 0 spiro atoms. The first-order valence-electron chi connectivity index (χ1n) is 3.85. The Morgan fingerprint density at radius 1 is 1.58 bits per heavy atom. The Morgan fingerprint density at radius 2 is 2.33 bits per heavy atom. The molecule has 0 aliphatic heterocycles. The van der Waals surface area contributed by atoms with E-state index in [0.717, 1.165) is 23.2 Å². The van der Waals surface area contributed by atoms with Gasteiger partial charge in [0.05, 0.1) is 7.11 Å². The highest BCUT2D eigenvalue weighted by molar-refractivity contribution is 5.75. The number of allylic oxidation sites excluding steroid dienone is 5. The highest BCUT2D eigenvalue weighted by Crippen LogP contribution is 2.16. The van der Waals surface area contributed by atoms with Gasteiger partial charge in [-0.1, -0.05) is 6.08 Å². The van der Waals surface area contributed by atoms with Crippen molar-refractivity contribution in [3.8, 4) is 0 Å². The molecule has 0 atom stereocenters. The molecule has 2 heteroatoms. The molecule has 0 saturated carbocycles. The lowest BCUT2D eigenvalue weighted by atomic mass is 10.1. The van der Waals surface area contributed by atoms with Gasteiger partial charge in [0.1, 0.15) is 12.0 Å². The second-order valence-electron chi connectivity index (χ2n) is 2.69. The summed E-state index contributed by atoms with van der Waals surface area (Å²) in [7, 11) is 1.63. The van der Waals surface area contributed by atoms with Crippen LogP contribution in [0.15, 0.2) is 35.1 Å². The van der Waals surface area contributed by atoms with Crippen molar-refractivity contribution in [1.29, 1.82) is 0 Å². The van der Waals surface area contributed by atoms with Gasteiger partial charge in [0.15, 0.2) is 0 Å². The summed E-state index contributed by atoms with van der Waals surface area (Å²) < 4.78 is 5.11. The lowest BCUT2D eigenvalue weighted by Gasteiger charge is -2.01. The Hall–Kier alpha value is -1.31. The smallest absolute Gasteiger partial charge is 0.146 e. The van der Waals surface area contributed by atoms with Crippen molar-refractivity contribution >= 4 is 6.29 Å². The molecule has 0 unspecified atom stereocenters. The van der Waals surface area contributed by atoms with E-state index >= 15 is 0 Å². The molecule has 0 radical (unpaired) electrons. The first-order valence-corrected chi connectivity index (χ1v) is 3.85. The molecule has 12 heavy (non-hydrogen) atoms. The van der Waals surface area contributed by atoms with Gasteiger partial charge in [0.25, 0.3) is 0 Å². The molecule has 0 heterocycles. The van der Waals surface area contributed by atoms with E-state index in [0.29, 0.717) is 6.42 Å². The van der Waals surface area contributed by atoms with Gasteiger partial charge in [-0.15, -0.1) is 0 Å². The van der Waals surface area contributed by atoms with Crippen LogP contribution in [0.4, 0.5) is 0 Å². The average molecular weight is 164 g/mol. The molecule has 0 aromatic heterocycles. The molecule has 0 fully saturated rings. The van der Waals surface area contributed by atoms with Crippen molar-refractivity contribution in [3.63, 3.8) is 0 Å². The molecule has 2 nitrogen and oxygen atoms in total. The lowest BCUT2D eigenvalue weighted by molar-refractivity contribution is -0.105. The third-order valence-corrected chi connectivity index (χ3v) is 1.78. The van der Waals surface area contributed by atoms with Crippen LogP contribution < -0.4 is 0 Å². The van der Waals surface area contributed by atoms with Gasteiger partial charge in [0.2, 0.25) is 0 Å². The van der Waals surface area contributed by atoms with Crippen LogP contribution in [0.25, 0.3) is 0 Å². The van der Waals surface area contributed by atoms with Crippen LogP contribution in [-0.4, -0.2) is 13.4 Å². The Balaban J connectivity index is 3.00. The number of carbonyl (C=O) groups excluding carboxylic acids is 1. The second-order valence-corrected chi connectivity index (χ2v) is 2.69. The minimum absolute atomic E-state index is 0.688. The van der Waals surface area contributed by atoms with E-state index in [1.807, 2.05) is 25.2 Å². The second kappa shape index (κ2) is 3.90. The maximum absolute atomic E-state index is 10.5. The van der Waals surface area contributed by atoms with Crippen molar-refractivity contribution in [2.45, 2.75) is 13.3 Å². The van der Waals surface area contributed by atoms with Gasteiger partial charge < -0.3 is 4.74 Å². The first-order chi connectivity index (χ1) is 5.77. The third-order valence-electron chi connectivity index (χ3n) is 1.78. The van der Waals surface area contributed by atoms with Crippen LogP contribution in [-0.2, 0) is 9.53 Å². The highest BCUT2D eigenvalue weighted by atomic mass is 16.5. The summed E-state index contributed by atoms with van der Waals surface area (Å²) in [6, 6.07) is 0. The average Bonchev–Trinajstić information content (AvgIpc) is 2.26. The number of hydrogen-bond acceptors (Lipinski definition) is 2. The van der Waals surface area contributed by atoms with E-state index in [2.05, 4.69) is 0 Å². The van der Waals surface area contributed by atoms with E-state index in [1.165, 1.54) is 0 Å². The van der Waals surface area contributed by atoms with Crippen LogP contribution in [0.5, 0.6) is 0 Å². The molecule has 0 amide bonds. The summed E-state index contributed by atoms with van der Waals surface area (Å²) in [6.07, 6.45) is 7.24. The van der Waals surface area contributed by atoms with Crippen molar-refractivity contribution in [3.05, 3.63) is 35.1 Å². The monoisotopic (exact) mass is 164 g/mol. The lowest BCUT2D eigenvalue weighted by Crippen LogP contribution is -1.85. The zero-order valence-corrected chi connectivity index (χ0v) is 7.33. The molecule has 0 aromatic carbocycles. The largest absolute Gasteiger partial charge is 0.497 e. The molecule has 64 valence electrons. The van der Waals surface area contributed by atoms with Gasteiger partial charge in [-0.05, 0) is 36.6 Å². The van der Waals surface area contributed by atoms with Crippen LogP contribution >= 0.6 is 0 Å². The van der Waals surface area contributed by atoms with Gasteiger partial charge in [-0.3, -0.25) is 4.79 Å². The maximum Gasteiger partial charge on any atom is 0.146 e. The zero-order valence-electron chi connectivity index (χ0n) is 7.33. The highest BCUT2D eigenvalue weighted by Gasteiger charge is 2.02. The summed E-state index contributed by atoms with van der Waals surface area (Å²) in [5.41, 5.74) is 1.78. The van der Waals surface area contributed by atoms with Crippen LogP contribution in [0.3, 0.4) is 0 Å². The summed E-state index contributed by atoms with van der Waals surface area (Å²) in [5, 5.41) is 0. The molecule has 1 aliphatic rings. The van der Waals surface area contributed by atoms with Gasteiger partial charge in [0, 0.05) is 0 Å². The number of ether oxygens (including phenoxy) is 1. The summed E-state index contributed by atoms with van der Waals surface area (Å²) >= 11 is 0. The number of rotatable bonds is 2. The molecule has 0 bridgehead atoms. The fourth-order valence-corrected chi connectivity index (χ4v) is 1.15. The Kier molecular flexibility index (Phi) is 2.86. The van der Waals surface area contributed by atoms with E-state index < -0.39 is 0 Å². The Labute approximate surface area is 72.2 Å². The Morgan fingerprint density at radius 3 is 2.92 bits per heavy atom. The van der Waals surface area contributed by atoms with Gasteiger partial charge in [-0.25, -0.2) is 0 Å². The normalized spacial score (nSPS) is 17.0. The van der Waals surface area contributed by atoms with E-state index in [-0.39, 0.29) is 0 Å². The first kappa shape index (κ1) is 8.78. The van der Waals surface area contributed by atoms with Crippen molar-refractivity contribution < 1.29 is 9.53 Å². The zero-order chi connectivity index (χ0) is 8.97. The van der Waals surface area contributed by atoms with Crippen LogP contribution in [0, 0.1) is 0 Å². The number of hydrogen-bond donors (Lipinski definition) is 0. The minimum Gasteiger partial charge on any atom is -0.497 e. The number of carbonyl (C=O) groups is 1. The molecular weight excluding hydrogens is 152 g/mol. The number of methoxy groups -OCH3 is 1. The topological polar surface area (TPSA) is 26.3 Å². The predicted molar refractivity (Wildman–Crippen MR) is 47.6 cm³/mol. The SMILES string of the molecule is COC1=C(C)C=C(C=O)CC=C1. The summed E-state index contributed by atoms with van der Waals surface area (Å²) in [5.74, 6) is 0.826. The van der Waals surface area contributed by atoms with E-state index in [4.69, 9.17) is 4.74 Å². The fourth-order valence-electron chi connectivity index (χ4n) is 1.15. The van der Waals surface area contributed by atoms with Crippen LogP contribution in [0.2, 0.25) is 0 Å². The van der Waals surface area contributed by atoms with Gasteiger partial charge >= 0.3 is 0 Å². The molecule has 1 aliphatic carbocycles. The van der Waals surface area contributed by atoms with Crippen LogP contribution in [0.1, 0.15) is 13.3 Å². The molecule has 0 aromatic rings. The van der Waals surface area contributed by atoms with E-state index in [1.54, 1.807) is 7.11 Å². The van der Waals surface area contributed by atoms with Crippen molar-refractivity contribution in [2.75, 3.05) is 7.11 Å². The van der Waals surface area contributed by atoms with Gasteiger partial charge in [-0.2, -0.15) is 0 Å².